The number of ether oxygens (including phenoxy) is 1. The van der Waals surface area contributed by atoms with Gasteiger partial charge in [0.15, 0.2) is 0 Å². The van der Waals surface area contributed by atoms with Crippen LogP contribution in [0.2, 0.25) is 0 Å². The van der Waals surface area contributed by atoms with E-state index in [0.717, 1.165) is 31.5 Å². The summed E-state index contributed by atoms with van der Waals surface area (Å²) in [4.78, 5) is 0. The zero-order valence-corrected chi connectivity index (χ0v) is 10.1. The number of hydrogen-bond donors (Lipinski definition) is 2. The lowest BCUT2D eigenvalue weighted by Crippen LogP contribution is -2.33. The van der Waals surface area contributed by atoms with Crippen LogP contribution in [0.4, 0.5) is 8.78 Å². The quantitative estimate of drug-likeness (QED) is 0.869. The van der Waals surface area contributed by atoms with E-state index in [9.17, 15) is 8.78 Å². The fourth-order valence-electron chi connectivity index (χ4n) is 2.37. The molecular formula is C13H18F2N2O. The van der Waals surface area contributed by atoms with Crippen molar-refractivity contribution < 1.29 is 13.5 Å². The van der Waals surface area contributed by atoms with Crippen molar-refractivity contribution in [3.63, 3.8) is 0 Å². The molecule has 5 heteroatoms. The smallest absolute Gasteiger partial charge is 0.387 e. The van der Waals surface area contributed by atoms with Crippen molar-refractivity contribution in [3.05, 3.63) is 29.8 Å². The molecule has 3 nitrogen and oxygen atoms in total. The SMILES string of the molecule is N[C@@H](c1cccc(OC(F)F)c1)C1CCNCC1. The third-order valence-corrected chi connectivity index (χ3v) is 3.36. The first-order valence-electron chi connectivity index (χ1n) is 6.18. The molecule has 0 aromatic heterocycles. The number of rotatable bonds is 4. The summed E-state index contributed by atoms with van der Waals surface area (Å²) in [5, 5.41) is 3.28. The monoisotopic (exact) mass is 256 g/mol. The summed E-state index contributed by atoms with van der Waals surface area (Å²) in [5.41, 5.74) is 7.06. The number of nitrogens with one attached hydrogen (secondary N) is 1. The molecule has 1 saturated heterocycles. The Hall–Kier alpha value is -1.20. The molecule has 1 atom stereocenters. The number of halogens is 2. The second-order valence-electron chi connectivity index (χ2n) is 4.56. The minimum absolute atomic E-state index is 0.117. The van der Waals surface area contributed by atoms with Gasteiger partial charge in [-0.15, -0.1) is 0 Å². The number of piperidine rings is 1. The van der Waals surface area contributed by atoms with E-state index in [1.807, 2.05) is 6.07 Å². The van der Waals surface area contributed by atoms with Crippen molar-refractivity contribution in [2.24, 2.45) is 11.7 Å². The van der Waals surface area contributed by atoms with Crippen molar-refractivity contribution in [2.75, 3.05) is 13.1 Å². The Kier molecular flexibility index (Phi) is 4.49. The number of alkyl halides is 2. The summed E-state index contributed by atoms with van der Waals surface area (Å²) in [6.07, 6.45) is 2.03. The van der Waals surface area contributed by atoms with Crippen LogP contribution in [-0.2, 0) is 0 Å². The Morgan fingerprint density at radius 2 is 2.00 bits per heavy atom. The van der Waals surface area contributed by atoms with E-state index in [1.54, 1.807) is 12.1 Å². The van der Waals surface area contributed by atoms with E-state index in [1.165, 1.54) is 6.07 Å². The van der Waals surface area contributed by atoms with Crippen molar-refractivity contribution in [1.82, 2.24) is 5.32 Å². The Bertz CT molecular complexity index is 381. The summed E-state index contributed by atoms with van der Waals surface area (Å²) in [6.45, 7) is -0.868. The van der Waals surface area contributed by atoms with Gasteiger partial charge in [0.05, 0.1) is 0 Å². The average Bonchev–Trinajstić information content (AvgIpc) is 2.38. The van der Waals surface area contributed by atoms with E-state index in [0.29, 0.717) is 5.92 Å². The Balaban J connectivity index is 2.06. The molecule has 1 aromatic rings. The number of hydrogen-bond acceptors (Lipinski definition) is 3. The zero-order valence-electron chi connectivity index (χ0n) is 10.1. The molecule has 0 spiro atoms. The summed E-state index contributed by atoms with van der Waals surface area (Å²) >= 11 is 0. The topological polar surface area (TPSA) is 47.3 Å². The predicted octanol–water partition coefficient (Wildman–Crippen LogP) is 2.29. The van der Waals surface area contributed by atoms with Crippen LogP contribution in [0.15, 0.2) is 24.3 Å². The summed E-state index contributed by atoms with van der Waals surface area (Å²) in [6, 6.07) is 6.58. The van der Waals surface area contributed by atoms with Gasteiger partial charge in [-0.3, -0.25) is 0 Å². The highest BCUT2D eigenvalue weighted by Crippen LogP contribution is 2.28. The number of nitrogens with two attached hydrogens (primary N) is 1. The molecule has 0 radical (unpaired) electrons. The standard InChI is InChI=1S/C13H18F2N2O/c14-13(15)18-11-3-1-2-10(8-11)12(16)9-4-6-17-7-5-9/h1-3,8-9,12-13,17H,4-7,16H2/t12-/m1/s1. The molecule has 1 heterocycles. The van der Waals surface area contributed by atoms with Crippen LogP contribution >= 0.6 is 0 Å². The zero-order chi connectivity index (χ0) is 13.0. The fourth-order valence-corrected chi connectivity index (χ4v) is 2.37. The average molecular weight is 256 g/mol. The highest BCUT2D eigenvalue weighted by atomic mass is 19.3. The van der Waals surface area contributed by atoms with E-state index in [4.69, 9.17) is 5.73 Å². The fraction of sp³-hybridized carbons (Fsp3) is 0.538. The summed E-state index contributed by atoms with van der Waals surface area (Å²) < 4.78 is 28.7. The molecule has 0 amide bonds. The van der Waals surface area contributed by atoms with Crippen LogP contribution in [0.5, 0.6) is 5.75 Å². The molecule has 0 saturated carbocycles. The molecule has 3 N–H and O–H groups in total. The summed E-state index contributed by atoms with van der Waals surface area (Å²) in [5.74, 6) is 0.569. The molecule has 0 bridgehead atoms. The van der Waals surface area contributed by atoms with Crippen LogP contribution in [-0.4, -0.2) is 19.7 Å². The largest absolute Gasteiger partial charge is 0.435 e. The van der Waals surface area contributed by atoms with Crippen LogP contribution in [0.1, 0.15) is 24.4 Å². The molecule has 1 aromatic carbocycles. The van der Waals surface area contributed by atoms with E-state index in [-0.39, 0.29) is 11.8 Å². The maximum Gasteiger partial charge on any atom is 0.387 e. The molecule has 1 aliphatic heterocycles. The van der Waals surface area contributed by atoms with Gasteiger partial charge < -0.3 is 15.8 Å². The molecule has 18 heavy (non-hydrogen) atoms. The molecule has 1 aliphatic rings. The first kappa shape index (κ1) is 13.2. The lowest BCUT2D eigenvalue weighted by Gasteiger charge is -2.28. The van der Waals surface area contributed by atoms with Crippen molar-refractivity contribution in [1.29, 1.82) is 0 Å². The van der Waals surface area contributed by atoms with E-state index < -0.39 is 6.61 Å². The Morgan fingerprint density at radius 1 is 1.28 bits per heavy atom. The molecule has 0 unspecified atom stereocenters. The van der Waals surface area contributed by atoms with Crippen LogP contribution in [0, 0.1) is 5.92 Å². The Labute approximate surface area is 105 Å². The van der Waals surface area contributed by atoms with Gasteiger partial charge in [-0.2, -0.15) is 8.78 Å². The van der Waals surface area contributed by atoms with Crippen molar-refractivity contribution in [3.8, 4) is 5.75 Å². The van der Waals surface area contributed by atoms with Crippen LogP contribution in [0.25, 0.3) is 0 Å². The third-order valence-electron chi connectivity index (χ3n) is 3.36. The minimum Gasteiger partial charge on any atom is -0.435 e. The molecule has 2 rings (SSSR count). The number of benzene rings is 1. The van der Waals surface area contributed by atoms with Gasteiger partial charge in [-0.05, 0) is 49.5 Å². The van der Waals surface area contributed by atoms with Gasteiger partial charge in [-0.25, -0.2) is 0 Å². The van der Waals surface area contributed by atoms with Gasteiger partial charge in [0.1, 0.15) is 5.75 Å². The van der Waals surface area contributed by atoms with Gasteiger partial charge in [0, 0.05) is 6.04 Å². The minimum atomic E-state index is -2.80. The highest BCUT2D eigenvalue weighted by Gasteiger charge is 2.22. The van der Waals surface area contributed by atoms with Crippen molar-refractivity contribution in [2.45, 2.75) is 25.5 Å². The molecular weight excluding hydrogens is 238 g/mol. The first-order valence-corrected chi connectivity index (χ1v) is 6.18. The summed E-state index contributed by atoms with van der Waals surface area (Å²) in [7, 11) is 0. The van der Waals surface area contributed by atoms with Crippen LogP contribution < -0.4 is 15.8 Å². The molecule has 1 fully saturated rings. The van der Waals surface area contributed by atoms with Gasteiger partial charge in [0.2, 0.25) is 0 Å². The highest BCUT2D eigenvalue weighted by molar-refractivity contribution is 5.30. The normalized spacial score (nSPS) is 18.9. The molecule has 0 aliphatic carbocycles. The maximum absolute atomic E-state index is 12.1. The first-order chi connectivity index (χ1) is 8.66. The predicted molar refractivity (Wildman–Crippen MR) is 65.6 cm³/mol. The maximum atomic E-state index is 12.1. The molecule has 100 valence electrons. The van der Waals surface area contributed by atoms with E-state index in [2.05, 4.69) is 10.1 Å². The second-order valence-corrected chi connectivity index (χ2v) is 4.56. The third kappa shape index (κ3) is 3.40. The van der Waals surface area contributed by atoms with E-state index >= 15 is 0 Å². The lowest BCUT2D eigenvalue weighted by molar-refractivity contribution is -0.0499. The van der Waals surface area contributed by atoms with Gasteiger partial charge >= 0.3 is 6.61 Å². The van der Waals surface area contributed by atoms with Crippen LogP contribution in [0.3, 0.4) is 0 Å². The van der Waals surface area contributed by atoms with Gasteiger partial charge in [0.25, 0.3) is 0 Å². The van der Waals surface area contributed by atoms with Gasteiger partial charge in [-0.1, -0.05) is 12.1 Å². The Morgan fingerprint density at radius 3 is 2.67 bits per heavy atom. The second kappa shape index (κ2) is 6.11. The van der Waals surface area contributed by atoms with Crippen molar-refractivity contribution >= 4 is 0 Å². The lowest BCUT2D eigenvalue weighted by atomic mass is 9.86.